The zero-order valence-corrected chi connectivity index (χ0v) is 20.0. The van der Waals surface area contributed by atoms with E-state index in [4.69, 9.17) is 4.74 Å². The summed E-state index contributed by atoms with van der Waals surface area (Å²) in [6.07, 6.45) is 2.62. The molecule has 4 amide bonds. The number of nitrogens with one attached hydrogen (secondary N) is 3. The molecule has 0 bridgehead atoms. The highest BCUT2D eigenvalue weighted by molar-refractivity contribution is 5.96. The number of amides is 4. The van der Waals surface area contributed by atoms with Gasteiger partial charge in [-0.2, -0.15) is 0 Å². The number of hydrogen-bond donors (Lipinski definition) is 3. The number of hydrogen-bond acceptors (Lipinski definition) is 5. The Bertz CT molecular complexity index is 711. The third-order valence-corrected chi connectivity index (χ3v) is 4.66. The minimum atomic E-state index is -0.752. The number of likely N-dealkylation sites (tertiary alicyclic amines) is 1. The van der Waals surface area contributed by atoms with Gasteiger partial charge in [-0.15, -0.1) is 0 Å². The molecule has 1 fully saturated rings. The molecule has 0 aromatic rings. The third-order valence-electron chi connectivity index (χ3n) is 4.66. The molecule has 9 nitrogen and oxygen atoms in total. The highest BCUT2D eigenvalue weighted by atomic mass is 16.6. The number of carbonyl (C=O) groups is 4. The van der Waals surface area contributed by atoms with Gasteiger partial charge in [-0.25, -0.2) is 4.79 Å². The van der Waals surface area contributed by atoms with E-state index in [0.717, 1.165) is 12.8 Å². The molecular formula is C22H38N4O5. The SMILES string of the molecule is C/C(=C/[C@@H]1CCCN1C(=O)[C@H](C)NC(=O)OC(C)(C)C)C(=O)N[C@@H](C)C(=O)NC(C)C. The standard InChI is InChI=1S/C22H38N4O5/c1-13(2)23-19(28)15(4)24-18(27)14(3)12-17-10-9-11-26(17)20(29)16(5)25-21(30)31-22(6,7)8/h12-13,15-17H,9-11H2,1-8H3,(H,23,28)(H,24,27)(H,25,30)/b14-12-/t15-,16-,17-/m0/s1. The van der Waals surface area contributed by atoms with E-state index >= 15 is 0 Å². The topological polar surface area (TPSA) is 117 Å². The number of ether oxygens (including phenoxy) is 1. The maximum Gasteiger partial charge on any atom is 0.408 e. The van der Waals surface area contributed by atoms with Crippen LogP contribution < -0.4 is 16.0 Å². The van der Waals surface area contributed by atoms with E-state index in [2.05, 4.69) is 16.0 Å². The average molecular weight is 439 g/mol. The molecule has 3 atom stereocenters. The Hall–Kier alpha value is -2.58. The Morgan fingerprint density at radius 2 is 1.61 bits per heavy atom. The van der Waals surface area contributed by atoms with Gasteiger partial charge in [-0.3, -0.25) is 14.4 Å². The molecule has 0 radical (unpaired) electrons. The van der Waals surface area contributed by atoms with E-state index in [1.54, 1.807) is 52.5 Å². The van der Waals surface area contributed by atoms with Gasteiger partial charge in [0, 0.05) is 18.2 Å². The summed E-state index contributed by atoms with van der Waals surface area (Å²) >= 11 is 0. The lowest BCUT2D eigenvalue weighted by Gasteiger charge is -2.27. The summed E-state index contributed by atoms with van der Waals surface area (Å²) in [5.41, 5.74) is -0.221. The monoisotopic (exact) mass is 438 g/mol. The first-order valence-electron chi connectivity index (χ1n) is 10.8. The zero-order valence-electron chi connectivity index (χ0n) is 20.0. The highest BCUT2D eigenvalue weighted by Crippen LogP contribution is 2.21. The molecule has 176 valence electrons. The quantitative estimate of drug-likeness (QED) is 0.525. The van der Waals surface area contributed by atoms with Crippen LogP contribution in [0.3, 0.4) is 0 Å². The van der Waals surface area contributed by atoms with Gasteiger partial charge < -0.3 is 25.6 Å². The normalized spacial score (nSPS) is 18.9. The Balaban J connectivity index is 2.73. The van der Waals surface area contributed by atoms with Crippen LogP contribution >= 0.6 is 0 Å². The molecule has 1 aliphatic heterocycles. The maximum atomic E-state index is 12.9. The predicted molar refractivity (Wildman–Crippen MR) is 118 cm³/mol. The van der Waals surface area contributed by atoms with Gasteiger partial charge in [0.2, 0.25) is 17.7 Å². The molecule has 0 saturated carbocycles. The second-order valence-corrected chi connectivity index (χ2v) is 9.32. The lowest BCUT2D eigenvalue weighted by molar-refractivity contribution is -0.133. The van der Waals surface area contributed by atoms with Crippen LogP contribution in [-0.2, 0) is 19.1 Å². The zero-order chi connectivity index (χ0) is 23.9. The van der Waals surface area contributed by atoms with Crippen molar-refractivity contribution < 1.29 is 23.9 Å². The summed E-state index contributed by atoms with van der Waals surface area (Å²) in [6, 6.07) is -1.69. The molecule has 1 rings (SSSR count). The minimum absolute atomic E-state index is 0.0159. The van der Waals surface area contributed by atoms with Gasteiger partial charge in [0.25, 0.3) is 0 Å². The van der Waals surface area contributed by atoms with Crippen LogP contribution in [0.1, 0.15) is 68.2 Å². The number of carbonyl (C=O) groups excluding carboxylic acids is 4. The molecule has 0 spiro atoms. The predicted octanol–water partition coefficient (Wildman–Crippen LogP) is 1.87. The summed E-state index contributed by atoms with van der Waals surface area (Å²) in [4.78, 5) is 51.0. The fraction of sp³-hybridized carbons (Fsp3) is 0.727. The summed E-state index contributed by atoms with van der Waals surface area (Å²) in [5, 5.41) is 8.00. The van der Waals surface area contributed by atoms with Crippen molar-refractivity contribution in [3.05, 3.63) is 11.6 Å². The van der Waals surface area contributed by atoms with Gasteiger partial charge in [-0.05, 0) is 68.2 Å². The average Bonchev–Trinajstić information content (AvgIpc) is 3.06. The minimum Gasteiger partial charge on any atom is -0.444 e. The van der Waals surface area contributed by atoms with E-state index in [0.29, 0.717) is 12.1 Å². The molecule has 3 N–H and O–H groups in total. The Labute approximate surface area is 185 Å². The van der Waals surface area contributed by atoms with E-state index in [-0.39, 0.29) is 29.8 Å². The molecule has 0 aliphatic carbocycles. The molecule has 1 aliphatic rings. The van der Waals surface area contributed by atoms with Crippen molar-refractivity contribution >= 4 is 23.8 Å². The molecule has 31 heavy (non-hydrogen) atoms. The fourth-order valence-electron chi connectivity index (χ4n) is 3.18. The molecule has 0 unspecified atom stereocenters. The first kappa shape index (κ1) is 26.5. The Morgan fingerprint density at radius 1 is 1.00 bits per heavy atom. The number of rotatable bonds is 7. The van der Waals surface area contributed by atoms with Crippen LogP contribution in [0.25, 0.3) is 0 Å². The van der Waals surface area contributed by atoms with E-state index in [9.17, 15) is 19.2 Å². The summed E-state index contributed by atoms with van der Waals surface area (Å²) in [5.74, 6) is -0.844. The number of nitrogens with zero attached hydrogens (tertiary/aromatic N) is 1. The van der Waals surface area contributed by atoms with Crippen LogP contribution in [0.4, 0.5) is 4.79 Å². The van der Waals surface area contributed by atoms with E-state index in [1.807, 2.05) is 13.8 Å². The van der Waals surface area contributed by atoms with Crippen molar-refractivity contribution in [2.45, 2.75) is 98.0 Å². The first-order valence-corrected chi connectivity index (χ1v) is 10.8. The molecule has 0 aromatic heterocycles. The van der Waals surface area contributed by atoms with Crippen LogP contribution in [0.15, 0.2) is 11.6 Å². The van der Waals surface area contributed by atoms with E-state index < -0.39 is 23.8 Å². The summed E-state index contributed by atoms with van der Waals surface area (Å²) < 4.78 is 5.21. The summed E-state index contributed by atoms with van der Waals surface area (Å²) in [6.45, 7) is 14.4. The highest BCUT2D eigenvalue weighted by Gasteiger charge is 2.32. The molecule has 1 saturated heterocycles. The molecule has 1 heterocycles. The van der Waals surface area contributed by atoms with Gasteiger partial charge in [-0.1, -0.05) is 6.08 Å². The molecular weight excluding hydrogens is 400 g/mol. The van der Waals surface area contributed by atoms with Crippen LogP contribution in [-0.4, -0.2) is 65.0 Å². The fourth-order valence-corrected chi connectivity index (χ4v) is 3.18. The second-order valence-electron chi connectivity index (χ2n) is 9.32. The Morgan fingerprint density at radius 3 is 2.16 bits per heavy atom. The largest absolute Gasteiger partial charge is 0.444 e. The maximum absolute atomic E-state index is 12.9. The van der Waals surface area contributed by atoms with Crippen molar-refractivity contribution in [3.63, 3.8) is 0 Å². The van der Waals surface area contributed by atoms with Crippen molar-refractivity contribution in [1.29, 1.82) is 0 Å². The van der Waals surface area contributed by atoms with Crippen molar-refractivity contribution in [2.75, 3.05) is 6.54 Å². The van der Waals surface area contributed by atoms with Crippen LogP contribution in [0.2, 0.25) is 0 Å². The van der Waals surface area contributed by atoms with E-state index in [1.165, 1.54) is 0 Å². The van der Waals surface area contributed by atoms with Crippen molar-refractivity contribution in [1.82, 2.24) is 20.9 Å². The summed E-state index contributed by atoms with van der Waals surface area (Å²) in [7, 11) is 0. The van der Waals surface area contributed by atoms with Crippen LogP contribution in [0.5, 0.6) is 0 Å². The van der Waals surface area contributed by atoms with Gasteiger partial charge in [0.1, 0.15) is 17.7 Å². The third kappa shape index (κ3) is 8.98. The second kappa shape index (κ2) is 11.2. The van der Waals surface area contributed by atoms with Gasteiger partial charge >= 0.3 is 6.09 Å². The van der Waals surface area contributed by atoms with Crippen LogP contribution in [0, 0.1) is 0 Å². The smallest absolute Gasteiger partial charge is 0.408 e. The number of alkyl carbamates (subject to hydrolysis) is 1. The van der Waals surface area contributed by atoms with Crippen molar-refractivity contribution in [3.8, 4) is 0 Å². The Kier molecular flexibility index (Phi) is 9.52. The molecule has 9 heteroatoms. The van der Waals surface area contributed by atoms with Gasteiger partial charge in [0.15, 0.2) is 0 Å². The lowest BCUT2D eigenvalue weighted by Crippen LogP contribution is -2.49. The molecule has 0 aromatic carbocycles. The lowest BCUT2D eigenvalue weighted by atomic mass is 10.1. The van der Waals surface area contributed by atoms with Crippen molar-refractivity contribution in [2.24, 2.45) is 0 Å². The first-order chi connectivity index (χ1) is 14.2. The van der Waals surface area contributed by atoms with Gasteiger partial charge in [0.05, 0.1) is 6.04 Å².